The maximum Gasteiger partial charge on any atom is 0.144 e. The van der Waals surface area contributed by atoms with Crippen LogP contribution in [0.4, 0.5) is 0 Å². The minimum Gasteiger partial charge on any atom is -0.299 e. The highest BCUT2D eigenvalue weighted by Gasteiger charge is 2.14. The largest absolute Gasteiger partial charge is 0.299 e. The van der Waals surface area contributed by atoms with E-state index in [9.17, 15) is 0 Å². The van der Waals surface area contributed by atoms with Crippen molar-refractivity contribution < 1.29 is 0 Å². The molecule has 1 aromatic heterocycles. The van der Waals surface area contributed by atoms with Gasteiger partial charge in [-0.25, -0.2) is 4.98 Å². The van der Waals surface area contributed by atoms with Crippen LogP contribution in [-0.2, 0) is 0 Å². The average Bonchev–Trinajstić information content (AvgIpc) is 3.17. The summed E-state index contributed by atoms with van der Waals surface area (Å²) in [5.41, 5.74) is 4.51. The summed E-state index contributed by atoms with van der Waals surface area (Å²) in [4.78, 5) is 4.53. The Kier molecular flexibility index (Phi) is 12.6. The topological polar surface area (TPSA) is 17.8 Å². The Morgan fingerprint density at radius 2 is 1.62 bits per heavy atom. The fourth-order valence-corrected chi connectivity index (χ4v) is 2.41. The van der Waals surface area contributed by atoms with E-state index in [0.29, 0.717) is 0 Å². The molecule has 0 spiro atoms. The third kappa shape index (κ3) is 6.51. The fourth-order valence-electron chi connectivity index (χ4n) is 2.41. The molecule has 0 bridgehead atoms. The van der Waals surface area contributed by atoms with Gasteiger partial charge in [-0.2, -0.15) is 0 Å². The van der Waals surface area contributed by atoms with E-state index in [2.05, 4.69) is 62.5 Å². The zero-order valence-electron chi connectivity index (χ0n) is 17.5. The zero-order valence-corrected chi connectivity index (χ0v) is 17.5. The van der Waals surface area contributed by atoms with Crippen molar-refractivity contribution in [2.24, 2.45) is 0 Å². The number of rotatable bonds is 6. The number of benzene rings is 1. The molecule has 0 aliphatic rings. The first-order valence-corrected chi connectivity index (χ1v) is 9.77. The van der Waals surface area contributed by atoms with E-state index in [4.69, 9.17) is 0 Å². The Bertz CT molecular complexity index is 675. The average molecular weight is 353 g/mol. The molecule has 0 radical (unpaired) electrons. The van der Waals surface area contributed by atoms with Gasteiger partial charge in [0.25, 0.3) is 0 Å². The van der Waals surface area contributed by atoms with Gasteiger partial charge in [0, 0.05) is 18.0 Å². The minimum absolute atomic E-state index is 0.902. The van der Waals surface area contributed by atoms with Gasteiger partial charge in [0.05, 0.1) is 5.70 Å². The molecule has 142 valence electrons. The molecule has 2 heteroatoms. The lowest BCUT2D eigenvalue weighted by atomic mass is 10.0. The molecule has 0 fully saturated rings. The van der Waals surface area contributed by atoms with E-state index in [-0.39, 0.29) is 0 Å². The van der Waals surface area contributed by atoms with Gasteiger partial charge in [0.1, 0.15) is 5.82 Å². The first kappa shape index (κ1) is 23.7. The van der Waals surface area contributed by atoms with Gasteiger partial charge in [-0.15, -0.1) is 0 Å². The predicted octanol–water partition coefficient (Wildman–Crippen LogP) is 7.77. The van der Waals surface area contributed by atoms with Crippen molar-refractivity contribution in [3.8, 4) is 11.4 Å². The Morgan fingerprint density at radius 3 is 2.08 bits per heavy atom. The lowest BCUT2D eigenvalue weighted by Gasteiger charge is -2.17. The molecule has 1 heterocycles. The predicted molar refractivity (Wildman–Crippen MR) is 118 cm³/mol. The summed E-state index contributed by atoms with van der Waals surface area (Å²) in [5.74, 6) is 0.938. The van der Waals surface area contributed by atoms with E-state index in [1.54, 1.807) is 0 Å². The summed E-state index contributed by atoms with van der Waals surface area (Å²) >= 11 is 0. The quantitative estimate of drug-likeness (QED) is 0.485. The number of aromatic nitrogens is 2. The van der Waals surface area contributed by atoms with Crippen molar-refractivity contribution in [3.63, 3.8) is 0 Å². The van der Waals surface area contributed by atoms with Crippen LogP contribution in [0.2, 0.25) is 0 Å². The SMILES string of the molecule is C=C/C(CC)=C(\C(=C)CC)n1ccnc1-c1ccccc1.CC.CCC. The summed E-state index contributed by atoms with van der Waals surface area (Å²) < 4.78 is 2.13. The molecule has 2 aromatic rings. The van der Waals surface area contributed by atoms with Gasteiger partial charge in [-0.1, -0.05) is 97.5 Å². The number of nitrogens with zero attached hydrogens (tertiary/aromatic N) is 2. The first-order chi connectivity index (χ1) is 12.6. The van der Waals surface area contributed by atoms with E-state index in [1.165, 1.54) is 12.0 Å². The summed E-state index contributed by atoms with van der Waals surface area (Å²) in [6, 6.07) is 10.2. The lowest BCUT2D eigenvalue weighted by molar-refractivity contribution is 1.01. The van der Waals surface area contributed by atoms with Crippen molar-refractivity contribution in [1.29, 1.82) is 0 Å². The normalized spacial score (nSPS) is 10.5. The van der Waals surface area contributed by atoms with Crippen LogP contribution in [0.15, 0.2) is 73.1 Å². The van der Waals surface area contributed by atoms with Crippen molar-refractivity contribution in [3.05, 3.63) is 73.1 Å². The molecular weight excluding hydrogens is 316 g/mol. The molecule has 0 aliphatic carbocycles. The smallest absolute Gasteiger partial charge is 0.144 e. The summed E-state index contributed by atoms with van der Waals surface area (Å²) in [6.07, 6.45) is 8.83. The van der Waals surface area contributed by atoms with Gasteiger partial charge >= 0.3 is 0 Å². The van der Waals surface area contributed by atoms with Crippen LogP contribution in [-0.4, -0.2) is 9.55 Å². The molecule has 1 aromatic carbocycles. The maximum atomic E-state index is 4.53. The molecular formula is C24H36N2. The molecule has 26 heavy (non-hydrogen) atoms. The van der Waals surface area contributed by atoms with Crippen molar-refractivity contribution in [1.82, 2.24) is 9.55 Å². The van der Waals surface area contributed by atoms with Crippen LogP contribution in [0.3, 0.4) is 0 Å². The first-order valence-electron chi connectivity index (χ1n) is 9.77. The van der Waals surface area contributed by atoms with E-state index >= 15 is 0 Å². The van der Waals surface area contributed by atoms with Crippen LogP contribution in [0, 0.1) is 0 Å². The molecule has 2 rings (SSSR count). The molecule has 0 unspecified atom stereocenters. The third-order valence-electron chi connectivity index (χ3n) is 3.61. The van der Waals surface area contributed by atoms with Crippen LogP contribution in [0.1, 0.15) is 60.8 Å². The van der Waals surface area contributed by atoms with Crippen molar-refractivity contribution >= 4 is 5.70 Å². The number of hydrogen-bond acceptors (Lipinski definition) is 1. The zero-order chi connectivity index (χ0) is 19.9. The fraction of sp³-hybridized carbons (Fsp3) is 0.375. The Morgan fingerprint density at radius 1 is 1.04 bits per heavy atom. The maximum absolute atomic E-state index is 4.53. The van der Waals surface area contributed by atoms with Crippen LogP contribution in [0.5, 0.6) is 0 Å². The van der Waals surface area contributed by atoms with Crippen LogP contribution in [0.25, 0.3) is 17.1 Å². The van der Waals surface area contributed by atoms with Crippen LogP contribution >= 0.6 is 0 Å². The molecule has 0 saturated carbocycles. The minimum atomic E-state index is 0.902. The van der Waals surface area contributed by atoms with Crippen molar-refractivity contribution in [2.75, 3.05) is 0 Å². The molecule has 0 N–H and O–H groups in total. The highest BCUT2D eigenvalue weighted by atomic mass is 15.1. The van der Waals surface area contributed by atoms with E-state index in [0.717, 1.165) is 35.5 Å². The number of hydrogen-bond donors (Lipinski definition) is 0. The Labute approximate surface area is 161 Å². The highest BCUT2D eigenvalue weighted by molar-refractivity contribution is 5.73. The van der Waals surface area contributed by atoms with Gasteiger partial charge in [-0.05, 0) is 24.0 Å². The monoisotopic (exact) mass is 352 g/mol. The van der Waals surface area contributed by atoms with Crippen LogP contribution < -0.4 is 0 Å². The van der Waals surface area contributed by atoms with E-state index in [1.807, 2.05) is 50.5 Å². The number of allylic oxidation sites excluding steroid dienone is 4. The lowest BCUT2D eigenvalue weighted by Crippen LogP contribution is -2.04. The Hall–Kier alpha value is -2.35. The number of imidazole rings is 1. The van der Waals surface area contributed by atoms with Crippen molar-refractivity contribution in [2.45, 2.75) is 60.8 Å². The molecule has 2 nitrogen and oxygen atoms in total. The molecule has 0 amide bonds. The highest BCUT2D eigenvalue weighted by Crippen LogP contribution is 2.29. The standard InChI is InChI=1S/C19H22N2.C3H8.C2H6/c1-5-15(4)18(16(6-2)7-3)21-14-13-20-19(21)17-11-9-8-10-12-17;1-3-2;1-2/h6,8-14H,2,4-5,7H2,1,3H3;3H2,1-2H3;1-2H3/b18-16-;;. The second-order valence-electron chi connectivity index (χ2n) is 5.58. The van der Waals surface area contributed by atoms with Gasteiger partial charge in [0.15, 0.2) is 0 Å². The summed E-state index contributed by atoms with van der Waals surface area (Å²) in [5, 5.41) is 0. The van der Waals surface area contributed by atoms with Gasteiger partial charge in [-0.3, -0.25) is 4.57 Å². The van der Waals surface area contributed by atoms with Gasteiger partial charge < -0.3 is 0 Å². The summed E-state index contributed by atoms with van der Waals surface area (Å²) in [6.45, 7) is 20.7. The Balaban J connectivity index is 0.00000113. The third-order valence-corrected chi connectivity index (χ3v) is 3.61. The molecule has 0 atom stereocenters. The molecule has 0 saturated heterocycles. The van der Waals surface area contributed by atoms with Gasteiger partial charge in [0.2, 0.25) is 0 Å². The molecule has 0 aliphatic heterocycles. The second kappa shape index (κ2) is 13.9. The van der Waals surface area contributed by atoms with E-state index < -0.39 is 0 Å². The second-order valence-corrected chi connectivity index (χ2v) is 5.58. The summed E-state index contributed by atoms with van der Waals surface area (Å²) in [7, 11) is 0.